The topological polar surface area (TPSA) is 39.2 Å². The highest BCUT2D eigenvalue weighted by Gasteiger charge is 2.30. The number of aromatic nitrogens is 1. The molecule has 2 aromatic carbocycles. The van der Waals surface area contributed by atoms with Gasteiger partial charge in [-0.25, -0.2) is 4.98 Å². The molecule has 0 N–H and O–H groups in total. The highest BCUT2D eigenvalue weighted by molar-refractivity contribution is 6.21. The molecular formula is C21H15NO2. The molecule has 0 saturated carbocycles. The Balaban J connectivity index is 1.75. The normalized spacial score (nSPS) is 13.8. The molecular weight excluding hydrogens is 298 g/mol. The molecule has 1 aromatic heterocycles. The number of ether oxygens (including phenoxy) is 1. The average Bonchev–Trinajstić information content (AvgIpc) is 2.92. The van der Waals surface area contributed by atoms with Crippen LogP contribution in [0.2, 0.25) is 0 Å². The Bertz CT molecular complexity index is 1020. The number of hydrogen-bond acceptors (Lipinski definition) is 3. The summed E-state index contributed by atoms with van der Waals surface area (Å²) in [6, 6.07) is 15.9. The molecule has 5 rings (SSSR count). The van der Waals surface area contributed by atoms with E-state index in [1.807, 2.05) is 36.4 Å². The standard InChI is InChI=1S/C21H15NO2/c1-24-14-8-9-15-12(10-14)6-7-13-11-18-20(22-19(13)15)16-4-2-3-5-17(16)21(18)23/h2-5,8-11H,6-7H2,1H3. The first-order chi connectivity index (χ1) is 11.8. The molecule has 116 valence electrons. The first-order valence-electron chi connectivity index (χ1n) is 8.11. The number of benzene rings is 2. The lowest BCUT2D eigenvalue weighted by Crippen LogP contribution is -2.08. The number of ketones is 1. The molecule has 3 heteroatoms. The molecule has 0 amide bonds. The molecule has 0 bridgehead atoms. The maximum Gasteiger partial charge on any atom is 0.195 e. The van der Waals surface area contributed by atoms with Crippen molar-refractivity contribution in [1.29, 1.82) is 0 Å². The number of hydrogen-bond donors (Lipinski definition) is 0. The zero-order valence-electron chi connectivity index (χ0n) is 13.3. The van der Waals surface area contributed by atoms with Gasteiger partial charge in [0.1, 0.15) is 5.75 Å². The predicted octanol–water partition coefficient (Wildman–Crippen LogP) is 4.07. The fourth-order valence-corrected chi connectivity index (χ4v) is 3.79. The number of nitrogens with zero attached hydrogens (tertiary/aromatic N) is 1. The molecule has 0 radical (unpaired) electrons. The lowest BCUT2D eigenvalue weighted by atomic mass is 9.87. The minimum absolute atomic E-state index is 0.0939. The molecule has 0 spiro atoms. The van der Waals surface area contributed by atoms with Crippen LogP contribution in [-0.2, 0) is 12.8 Å². The van der Waals surface area contributed by atoms with Gasteiger partial charge in [0.25, 0.3) is 0 Å². The number of methoxy groups -OCH3 is 1. The highest BCUT2D eigenvalue weighted by Crippen LogP contribution is 2.41. The van der Waals surface area contributed by atoms with Crippen molar-refractivity contribution in [2.75, 3.05) is 7.11 Å². The van der Waals surface area contributed by atoms with Crippen molar-refractivity contribution in [2.24, 2.45) is 0 Å². The van der Waals surface area contributed by atoms with E-state index >= 15 is 0 Å². The van der Waals surface area contributed by atoms with Gasteiger partial charge in [-0.2, -0.15) is 0 Å². The second-order valence-corrected chi connectivity index (χ2v) is 6.29. The predicted molar refractivity (Wildman–Crippen MR) is 92.5 cm³/mol. The second-order valence-electron chi connectivity index (χ2n) is 6.29. The van der Waals surface area contributed by atoms with Gasteiger partial charge in [0.2, 0.25) is 0 Å². The first-order valence-corrected chi connectivity index (χ1v) is 8.11. The van der Waals surface area contributed by atoms with Gasteiger partial charge < -0.3 is 4.74 Å². The van der Waals surface area contributed by atoms with Gasteiger partial charge in [-0.1, -0.05) is 24.3 Å². The van der Waals surface area contributed by atoms with E-state index < -0.39 is 0 Å². The van der Waals surface area contributed by atoms with Gasteiger partial charge in [-0.15, -0.1) is 0 Å². The van der Waals surface area contributed by atoms with Crippen LogP contribution in [0, 0.1) is 0 Å². The largest absolute Gasteiger partial charge is 0.497 e. The molecule has 0 aliphatic heterocycles. The van der Waals surface area contributed by atoms with Crippen LogP contribution >= 0.6 is 0 Å². The summed E-state index contributed by atoms with van der Waals surface area (Å²) >= 11 is 0. The molecule has 24 heavy (non-hydrogen) atoms. The quantitative estimate of drug-likeness (QED) is 0.532. The van der Waals surface area contributed by atoms with Crippen molar-refractivity contribution in [2.45, 2.75) is 12.8 Å². The minimum atomic E-state index is 0.0939. The Hall–Kier alpha value is -2.94. The Morgan fingerprint density at radius 1 is 0.833 bits per heavy atom. The number of carbonyl (C=O) groups excluding carboxylic acids is 1. The van der Waals surface area contributed by atoms with Crippen LogP contribution in [0.25, 0.3) is 22.5 Å². The number of aryl methyl sites for hydroxylation is 2. The third-order valence-electron chi connectivity index (χ3n) is 5.00. The molecule has 0 unspecified atom stereocenters. The zero-order chi connectivity index (χ0) is 16.3. The summed E-state index contributed by atoms with van der Waals surface area (Å²) in [5.41, 5.74) is 7.83. The van der Waals surface area contributed by atoms with Gasteiger partial charge >= 0.3 is 0 Å². The number of fused-ring (bicyclic) bond motifs is 6. The molecule has 0 saturated heterocycles. The van der Waals surface area contributed by atoms with Crippen molar-refractivity contribution in [3.8, 4) is 28.3 Å². The van der Waals surface area contributed by atoms with Crippen molar-refractivity contribution in [1.82, 2.24) is 4.98 Å². The monoisotopic (exact) mass is 313 g/mol. The van der Waals surface area contributed by atoms with Gasteiger partial charge in [0, 0.05) is 22.3 Å². The van der Waals surface area contributed by atoms with Gasteiger partial charge in [0.05, 0.1) is 18.5 Å². The Labute approximate surface area is 139 Å². The summed E-state index contributed by atoms with van der Waals surface area (Å²) in [7, 11) is 1.69. The molecule has 0 fully saturated rings. The fourth-order valence-electron chi connectivity index (χ4n) is 3.79. The van der Waals surface area contributed by atoms with E-state index in [-0.39, 0.29) is 5.78 Å². The number of rotatable bonds is 1. The van der Waals surface area contributed by atoms with Crippen molar-refractivity contribution >= 4 is 5.78 Å². The average molecular weight is 313 g/mol. The SMILES string of the molecule is COc1ccc2c(c1)CCc1cc3c(nc1-2)-c1ccccc1C3=O. The summed E-state index contributed by atoms with van der Waals surface area (Å²) in [6.45, 7) is 0. The molecule has 0 atom stereocenters. The zero-order valence-corrected chi connectivity index (χ0v) is 13.3. The Morgan fingerprint density at radius 2 is 1.62 bits per heavy atom. The van der Waals surface area contributed by atoms with Crippen LogP contribution in [-0.4, -0.2) is 17.9 Å². The smallest absolute Gasteiger partial charge is 0.195 e. The van der Waals surface area contributed by atoms with E-state index in [1.165, 1.54) is 5.56 Å². The maximum atomic E-state index is 12.6. The molecule has 2 aliphatic carbocycles. The summed E-state index contributed by atoms with van der Waals surface area (Å²) in [5, 5.41) is 0. The van der Waals surface area contributed by atoms with Gasteiger partial charge in [-0.3, -0.25) is 4.79 Å². The van der Waals surface area contributed by atoms with E-state index in [1.54, 1.807) is 7.11 Å². The van der Waals surface area contributed by atoms with Crippen molar-refractivity contribution in [3.63, 3.8) is 0 Å². The maximum absolute atomic E-state index is 12.6. The van der Waals surface area contributed by atoms with E-state index in [0.29, 0.717) is 0 Å². The number of pyridine rings is 1. The Morgan fingerprint density at radius 3 is 2.46 bits per heavy atom. The van der Waals surface area contributed by atoms with Gasteiger partial charge in [0.15, 0.2) is 5.78 Å². The van der Waals surface area contributed by atoms with E-state index in [4.69, 9.17) is 9.72 Å². The first kappa shape index (κ1) is 13.5. The summed E-state index contributed by atoms with van der Waals surface area (Å²) in [5.74, 6) is 0.968. The van der Waals surface area contributed by atoms with E-state index in [9.17, 15) is 4.79 Å². The number of carbonyl (C=O) groups is 1. The second kappa shape index (κ2) is 4.78. The molecule has 1 heterocycles. The third kappa shape index (κ3) is 1.72. The van der Waals surface area contributed by atoms with Crippen molar-refractivity contribution in [3.05, 3.63) is 70.8 Å². The summed E-state index contributed by atoms with van der Waals surface area (Å²) in [6.07, 6.45) is 1.85. The van der Waals surface area contributed by atoms with E-state index in [2.05, 4.69) is 12.1 Å². The van der Waals surface area contributed by atoms with Crippen LogP contribution in [0.15, 0.2) is 48.5 Å². The lowest BCUT2D eigenvalue weighted by Gasteiger charge is -2.20. The molecule has 3 nitrogen and oxygen atoms in total. The van der Waals surface area contributed by atoms with Crippen LogP contribution in [0.4, 0.5) is 0 Å². The van der Waals surface area contributed by atoms with Crippen LogP contribution in [0.1, 0.15) is 27.0 Å². The van der Waals surface area contributed by atoms with Crippen LogP contribution in [0.3, 0.4) is 0 Å². The molecule has 3 aromatic rings. The molecule has 2 aliphatic rings. The lowest BCUT2D eigenvalue weighted by molar-refractivity contribution is 0.104. The summed E-state index contributed by atoms with van der Waals surface area (Å²) in [4.78, 5) is 17.6. The highest BCUT2D eigenvalue weighted by atomic mass is 16.5. The fraction of sp³-hybridized carbons (Fsp3) is 0.143. The van der Waals surface area contributed by atoms with Crippen LogP contribution < -0.4 is 4.74 Å². The minimum Gasteiger partial charge on any atom is -0.497 e. The third-order valence-corrected chi connectivity index (χ3v) is 5.00. The Kier molecular flexibility index (Phi) is 2.69. The van der Waals surface area contributed by atoms with E-state index in [0.717, 1.165) is 57.8 Å². The van der Waals surface area contributed by atoms with Gasteiger partial charge in [-0.05, 0) is 48.2 Å². The van der Waals surface area contributed by atoms with Crippen LogP contribution in [0.5, 0.6) is 5.75 Å². The van der Waals surface area contributed by atoms with Crippen molar-refractivity contribution < 1.29 is 9.53 Å². The summed E-state index contributed by atoms with van der Waals surface area (Å²) < 4.78 is 5.34.